The van der Waals surface area contributed by atoms with Gasteiger partial charge in [0.15, 0.2) is 5.78 Å². The van der Waals surface area contributed by atoms with E-state index in [1.54, 1.807) is 7.11 Å². The van der Waals surface area contributed by atoms with Crippen molar-refractivity contribution in [3.8, 4) is 5.75 Å². The highest BCUT2D eigenvalue weighted by atomic mass is 16.5. The van der Waals surface area contributed by atoms with E-state index in [0.29, 0.717) is 6.54 Å². The standard InChI is InChI=1S/C24H27NO2/c1-4-9-18-10-6-7-13-21(18)23-17-25(14-5-2)16-22(24(23)26)19-11-8-12-20(15-19)27-3/h5-8,10-16,23H,4,9,17H2,1-3H3. The molecule has 140 valence electrons. The van der Waals surface area contributed by atoms with Crippen molar-refractivity contribution >= 4 is 11.4 Å². The van der Waals surface area contributed by atoms with Crippen molar-refractivity contribution in [2.45, 2.75) is 32.6 Å². The number of rotatable bonds is 6. The molecule has 0 fully saturated rings. The van der Waals surface area contributed by atoms with Crippen molar-refractivity contribution < 1.29 is 9.53 Å². The van der Waals surface area contributed by atoms with Gasteiger partial charge in [-0.3, -0.25) is 4.79 Å². The number of methoxy groups -OCH3 is 1. The van der Waals surface area contributed by atoms with E-state index in [2.05, 4.69) is 30.0 Å². The number of Topliss-reactive ketones (excluding diaryl/α,β-unsaturated/α-hetero) is 1. The van der Waals surface area contributed by atoms with Gasteiger partial charge in [0.2, 0.25) is 0 Å². The first kappa shape index (κ1) is 19.0. The molecule has 0 aliphatic carbocycles. The van der Waals surface area contributed by atoms with Crippen molar-refractivity contribution in [2.75, 3.05) is 13.7 Å². The van der Waals surface area contributed by atoms with Crippen LogP contribution in [0.4, 0.5) is 0 Å². The lowest BCUT2D eigenvalue weighted by molar-refractivity contribution is -0.115. The number of hydrogen-bond donors (Lipinski definition) is 0. The van der Waals surface area contributed by atoms with Gasteiger partial charge in [-0.2, -0.15) is 0 Å². The van der Waals surface area contributed by atoms with E-state index in [-0.39, 0.29) is 11.7 Å². The normalized spacial score (nSPS) is 17.3. The van der Waals surface area contributed by atoms with Gasteiger partial charge in [-0.25, -0.2) is 0 Å². The number of aryl methyl sites for hydroxylation is 1. The average molecular weight is 361 g/mol. The predicted molar refractivity (Wildman–Crippen MR) is 111 cm³/mol. The first-order chi connectivity index (χ1) is 13.2. The molecule has 1 heterocycles. The van der Waals surface area contributed by atoms with E-state index >= 15 is 0 Å². The molecule has 3 rings (SSSR count). The van der Waals surface area contributed by atoms with Crippen LogP contribution in [0.15, 0.2) is 67.0 Å². The predicted octanol–water partition coefficient (Wildman–Crippen LogP) is 5.19. The zero-order valence-corrected chi connectivity index (χ0v) is 16.3. The summed E-state index contributed by atoms with van der Waals surface area (Å²) >= 11 is 0. The summed E-state index contributed by atoms with van der Waals surface area (Å²) in [6.45, 7) is 4.83. The Morgan fingerprint density at radius 3 is 2.74 bits per heavy atom. The molecule has 2 aromatic carbocycles. The van der Waals surface area contributed by atoms with Crippen molar-refractivity contribution in [1.82, 2.24) is 4.90 Å². The molecule has 0 spiro atoms. The number of benzene rings is 2. The molecule has 0 bridgehead atoms. The molecule has 1 aliphatic heterocycles. The van der Waals surface area contributed by atoms with Crippen LogP contribution in [-0.2, 0) is 11.2 Å². The first-order valence-corrected chi connectivity index (χ1v) is 9.54. The summed E-state index contributed by atoms with van der Waals surface area (Å²) in [6, 6.07) is 16.1. The fourth-order valence-electron chi connectivity index (χ4n) is 3.68. The summed E-state index contributed by atoms with van der Waals surface area (Å²) in [4.78, 5) is 15.6. The van der Waals surface area contributed by atoms with Gasteiger partial charge >= 0.3 is 0 Å². The van der Waals surface area contributed by atoms with E-state index in [0.717, 1.165) is 35.3 Å². The van der Waals surface area contributed by atoms with Crippen LogP contribution in [0.25, 0.3) is 5.57 Å². The lowest BCUT2D eigenvalue weighted by Crippen LogP contribution is -2.32. The van der Waals surface area contributed by atoms with Crippen molar-refractivity contribution in [3.63, 3.8) is 0 Å². The molecule has 0 saturated carbocycles. The van der Waals surface area contributed by atoms with Gasteiger partial charge in [-0.15, -0.1) is 0 Å². The number of ether oxygens (including phenoxy) is 1. The third-order valence-electron chi connectivity index (χ3n) is 4.94. The number of allylic oxidation sites excluding steroid dienone is 2. The Hall–Kier alpha value is -2.81. The number of hydrogen-bond acceptors (Lipinski definition) is 3. The maximum absolute atomic E-state index is 13.5. The molecule has 3 nitrogen and oxygen atoms in total. The van der Waals surface area contributed by atoms with Gasteiger partial charge in [0.25, 0.3) is 0 Å². The zero-order chi connectivity index (χ0) is 19.2. The molecular weight excluding hydrogens is 334 g/mol. The van der Waals surface area contributed by atoms with Crippen LogP contribution in [0.3, 0.4) is 0 Å². The Morgan fingerprint density at radius 1 is 1.19 bits per heavy atom. The Labute approximate surface area is 162 Å². The number of ketones is 1. The van der Waals surface area contributed by atoms with Gasteiger partial charge in [0.1, 0.15) is 5.75 Å². The lowest BCUT2D eigenvalue weighted by atomic mass is 9.82. The van der Waals surface area contributed by atoms with Crippen molar-refractivity contribution in [1.29, 1.82) is 0 Å². The van der Waals surface area contributed by atoms with E-state index in [4.69, 9.17) is 4.74 Å². The molecule has 0 amide bonds. The van der Waals surface area contributed by atoms with Crippen LogP contribution < -0.4 is 4.74 Å². The third-order valence-corrected chi connectivity index (χ3v) is 4.94. The monoisotopic (exact) mass is 361 g/mol. The largest absolute Gasteiger partial charge is 0.497 e. The van der Waals surface area contributed by atoms with Crippen LogP contribution in [-0.4, -0.2) is 24.3 Å². The maximum atomic E-state index is 13.5. The minimum absolute atomic E-state index is 0.171. The number of carbonyl (C=O) groups excluding carboxylic acids is 1. The van der Waals surface area contributed by atoms with Crippen LogP contribution in [0.2, 0.25) is 0 Å². The van der Waals surface area contributed by atoms with E-state index in [1.165, 1.54) is 5.56 Å². The molecule has 0 aromatic heterocycles. The summed E-state index contributed by atoms with van der Waals surface area (Å²) in [7, 11) is 1.64. The minimum atomic E-state index is -0.171. The molecule has 3 heteroatoms. The first-order valence-electron chi connectivity index (χ1n) is 9.54. The summed E-state index contributed by atoms with van der Waals surface area (Å²) in [5.41, 5.74) is 4.04. The molecule has 27 heavy (non-hydrogen) atoms. The van der Waals surface area contributed by atoms with Crippen LogP contribution in [0.5, 0.6) is 5.75 Å². The fourth-order valence-corrected chi connectivity index (χ4v) is 3.68. The average Bonchev–Trinajstić information content (AvgIpc) is 2.70. The molecular formula is C24H27NO2. The second-order valence-corrected chi connectivity index (χ2v) is 6.82. The Kier molecular flexibility index (Phi) is 6.12. The van der Waals surface area contributed by atoms with E-state index < -0.39 is 0 Å². The summed E-state index contributed by atoms with van der Waals surface area (Å²) < 4.78 is 5.35. The minimum Gasteiger partial charge on any atom is -0.497 e. The molecule has 0 radical (unpaired) electrons. The van der Waals surface area contributed by atoms with Crippen LogP contribution >= 0.6 is 0 Å². The Balaban J connectivity index is 2.05. The summed E-state index contributed by atoms with van der Waals surface area (Å²) in [6.07, 6.45) is 8.04. The Bertz CT molecular complexity index is 866. The molecule has 1 atom stereocenters. The molecule has 0 saturated heterocycles. The molecule has 0 N–H and O–H groups in total. The van der Waals surface area contributed by atoms with Crippen LogP contribution in [0.1, 0.15) is 42.9 Å². The highest BCUT2D eigenvalue weighted by Crippen LogP contribution is 2.34. The SMILES string of the molecule is CC=CN1C=C(c2cccc(OC)c2)C(=O)C(c2ccccc2CCC)C1. The third kappa shape index (κ3) is 4.13. The second kappa shape index (κ2) is 8.72. The summed E-state index contributed by atoms with van der Waals surface area (Å²) in [5, 5.41) is 0. The zero-order valence-electron chi connectivity index (χ0n) is 16.3. The van der Waals surface area contributed by atoms with E-state index in [1.807, 2.05) is 55.7 Å². The molecule has 2 aromatic rings. The fraction of sp³-hybridized carbons (Fsp3) is 0.292. The second-order valence-electron chi connectivity index (χ2n) is 6.82. The highest BCUT2D eigenvalue weighted by Gasteiger charge is 2.31. The quantitative estimate of drug-likeness (QED) is 0.709. The number of carbonyl (C=O) groups is 1. The number of nitrogens with zero attached hydrogens (tertiary/aromatic N) is 1. The summed E-state index contributed by atoms with van der Waals surface area (Å²) in [5.74, 6) is 0.759. The molecule has 1 unspecified atom stereocenters. The van der Waals surface area contributed by atoms with Crippen molar-refractivity contribution in [3.05, 3.63) is 83.7 Å². The van der Waals surface area contributed by atoms with Gasteiger partial charge in [-0.1, -0.05) is 55.8 Å². The maximum Gasteiger partial charge on any atom is 0.174 e. The lowest BCUT2D eigenvalue weighted by Gasteiger charge is -2.31. The van der Waals surface area contributed by atoms with Gasteiger partial charge in [0.05, 0.1) is 13.0 Å². The molecule has 1 aliphatic rings. The Morgan fingerprint density at radius 2 is 2.00 bits per heavy atom. The smallest absolute Gasteiger partial charge is 0.174 e. The van der Waals surface area contributed by atoms with Gasteiger partial charge in [0, 0.05) is 18.3 Å². The van der Waals surface area contributed by atoms with Gasteiger partial charge < -0.3 is 9.64 Å². The highest BCUT2D eigenvalue weighted by molar-refractivity contribution is 6.24. The van der Waals surface area contributed by atoms with Crippen LogP contribution in [0, 0.1) is 0 Å². The van der Waals surface area contributed by atoms with Crippen molar-refractivity contribution in [2.24, 2.45) is 0 Å². The topological polar surface area (TPSA) is 29.5 Å². The van der Waals surface area contributed by atoms with Gasteiger partial charge in [-0.05, 0) is 48.4 Å². The van der Waals surface area contributed by atoms with E-state index in [9.17, 15) is 4.79 Å².